The lowest BCUT2D eigenvalue weighted by Crippen LogP contribution is -2.44. The van der Waals surface area contributed by atoms with E-state index in [1.807, 2.05) is 6.92 Å². The van der Waals surface area contributed by atoms with E-state index in [1.54, 1.807) is 26.0 Å². The van der Waals surface area contributed by atoms with Crippen LogP contribution in [0.25, 0.3) is 0 Å². The van der Waals surface area contributed by atoms with E-state index < -0.39 is 18.1 Å². The summed E-state index contributed by atoms with van der Waals surface area (Å²) in [7, 11) is 1.50. The van der Waals surface area contributed by atoms with Crippen LogP contribution in [0, 0.1) is 0 Å². The molecule has 0 bridgehead atoms. The molecule has 0 aliphatic carbocycles. The van der Waals surface area contributed by atoms with Crippen LogP contribution in [0.4, 0.5) is 0 Å². The predicted molar refractivity (Wildman–Crippen MR) is 112 cm³/mol. The second-order valence-electron chi connectivity index (χ2n) is 6.17. The molecular weight excluding hydrogens is 448 g/mol. The molecule has 0 radical (unpaired) electrons. The topological polar surface area (TPSA) is 85.9 Å². The van der Waals surface area contributed by atoms with Crippen molar-refractivity contribution in [1.82, 2.24) is 10.6 Å². The lowest BCUT2D eigenvalue weighted by Gasteiger charge is -2.30. The van der Waals surface area contributed by atoms with Crippen LogP contribution in [-0.2, 0) is 14.3 Å². The maximum Gasteiger partial charge on any atom is 0.347 e. The van der Waals surface area contributed by atoms with Gasteiger partial charge in [-0.25, -0.2) is 4.79 Å². The summed E-state index contributed by atoms with van der Waals surface area (Å²) >= 11 is 8.72. The second kappa shape index (κ2) is 9.38. The van der Waals surface area contributed by atoms with Gasteiger partial charge in [0.1, 0.15) is 0 Å². The van der Waals surface area contributed by atoms with E-state index in [4.69, 9.17) is 26.4 Å². The maximum absolute atomic E-state index is 12.2. The lowest BCUT2D eigenvalue weighted by atomic mass is 9.93. The molecule has 1 heterocycles. The Labute approximate surface area is 177 Å². The first-order chi connectivity index (χ1) is 13.2. The molecule has 0 fully saturated rings. The number of allylic oxidation sites excluding steroid dienone is 1. The van der Waals surface area contributed by atoms with Gasteiger partial charge in [-0.1, -0.05) is 0 Å². The molecule has 28 heavy (non-hydrogen) atoms. The highest BCUT2D eigenvalue weighted by molar-refractivity contribution is 9.10. The molecule has 1 aromatic rings. The third-order valence-corrected chi connectivity index (χ3v) is 4.96. The van der Waals surface area contributed by atoms with Crippen molar-refractivity contribution in [3.05, 3.63) is 33.4 Å². The number of Topliss-reactive ketones (excluding diaryl/α,β-unsaturated/α-hetero) is 1. The summed E-state index contributed by atoms with van der Waals surface area (Å²) < 4.78 is 16.8. The van der Waals surface area contributed by atoms with Crippen molar-refractivity contribution in [2.24, 2.45) is 0 Å². The molecule has 9 heteroatoms. The minimum atomic E-state index is -0.810. The molecule has 0 spiro atoms. The van der Waals surface area contributed by atoms with Gasteiger partial charge >= 0.3 is 5.97 Å². The monoisotopic (exact) mass is 470 g/mol. The zero-order chi connectivity index (χ0) is 21.0. The highest BCUT2D eigenvalue weighted by Gasteiger charge is 2.30. The molecule has 2 rings (SSSR count). The number of nitrogens with one attached hydrogen (secondary N) is 2. The average molecular weight is 471 g/mol. The number of halogens is 1. The van der Waals surface area contributed by atoms with Gasteiger partial charge in [-0.2, -0.15) is 0 Å². The molecule has 1 aromatic carbocycles. The molecule has 1 aliphatic rings. The number of thiocarbonyl (C=S) groups is 1. The van der Waals surface area contributed by atoms with Crippen LogP contribution in [0.15, 0.2) is 27.9 Å². The zero-order valence-electron chi connectivity index (χ0n) is 16.3. The number of benzene rings is 1. The zero-order valence-corrected chi connectivity index (χ0v) is 18.7. The van der Waals surface area contributed by atoms with E-state index >= 15 is 0 Å². The fourth-order valence-electron chi connectivity index (χ4n) is 2.92. The fraction of sp³-hybridized carbons (Fsp3) is 0.421. The van der Waals surface area contributed by atoms with Crippen LogP contribution in [0.1, 0.15) is 39.3 Å². The molecular formula is C19H23BrN2O5S. The Bertz CT molecular complexity index is 840. The first-order valence-corrected chi connectivity index (χ1v) is 9.89. The Morgan fingerprint density at radius 3 is 2.61 bits per heavy atom. The largest absolute Gasteiger partial charge is 0.493 e. The van der Waals surface area contributed by atoms with Crippen LogP contribution < -0.4 is 20.1 Å². The Hall–Kier alpha value is -2.13. The normalized spacial score (nSPS) is 17.4. The maximum atomic E-state index is 12.2. The second-order valence-corrected chi connectivity index (χ2v) is 7.44. The minimum Gasteiger partial charge on any atom is -0.493 e. The smallest absolute Gasteiger partial charge is 0.347 e. The Morgan fingerprint density at radius 2 is 2.04 bits per heavy atom. The summed E-state index contributed by atoms with van der Waals surface area (Å²) in [5.74, 6) is 0.236. The quantitative estimate of drug-likeness (QED) is 0.464. The molecule has 152 valence electrons. The van der Waals surface area contributed by atoms with Gasteiger partial charge in [0.15, 0.2) is 28.5 Å². The van der Waals surface area contributed by atoms with E-state index in [2.05, 4.69) is 26.6 Å². The summed E-state index contributed by atoms with van der Waals surface area (Å²) in [5.41, 5.74) is 2.04. The summed E-state index contributed by atoms with van der Waals surface area (Å²) in [5, 5.41) is 6.52. The molecule has 0 saturated heterocycles. The van der Waals surface area contributed by atoms with Crippen LogP contribution in [-0.4, -0.2) is 36.7 Å². The van der Waals surface area contributed by atoms with Crippen molar-refractivity contribution in [3.8, 4) is 11.5 Å². The number of methoxy groups -OCH3 is 1. The van der Waals surface area contributed by atoms with Crippen LogP contribution in [0.5, 0.6) is 11.5 Å². The Kier molecular flexibility index (Phi) is 7.42. The van der Waals surface area contributed by atoms with Gasteiger partial charge in [0, 0.05) is 11.3 Å². The van der Waals surface area contributed by atoms with Crippen molar-refractivity contribution < 1.29 is 23.8 Å². The van der Waals surface area contributed by atoms with E-state index in [-0.39, 0.29) is 12.4 Å². The molecule has 0 unspecified atom stereocenters. The number of carbonyl (C=O) groups is 2. The van der Waals surface area contributed by atoms with E-state index in [0.717, 1.165) is 5.56 Å². The van der Waals surface area contributed by atoms with Crippen molar-refractivity contribution in [3.63, 3.8) is 0 Å². The van der Waals surface area contributed by atoms with Crippen molar-refractivity contribution in [2.45, 2.75) is 39.8 Å². The SMILES string of the molecule is CCOC(=O)[C@@H](C)Oc1c(Br)cc([C@H]2NC(=S)NC(C)=C2C(C)=O)cc1OC. The van der Waals surface area contributed by atoms with Crippen molar-refractivity contribution in [1.29, 1.82) is 0 Å². The van der Waals surface area contributed by atoms with Crippen molar-refractivity contribution >= 4 is 45.0 Å². The third kappa shape index (κ3) is 4.82. The van der Waals surface area contributed by atoms with Gasteiger partial charge in [-0.05, 0) is 73.5 Å². The summed E-state index contributed by atoms with van der Waals surface area (Å²) in [6.07, 6.45) is -0.810. The average Bonchev–Trinajstić information content (AvgIpc) is 2.62. The first kappa shape index (κ1) is 22.2. The van der Waals surface area contributed by atoms with E-state index in [9.17, 15) is 9.59 Å². The van der Waals surface area contributed by atoms with Gasteiger partial charge in [0.25, 0.3) is 0 Å². The Morgan fingerprint density at radius 1 is 1.36 bits per heavy atom. The van der Waals surface area contributed by atoms with Gasteiger partial charge in [-0.3, -0.25) is 4.79 Å². The van der Waals surface area contributed by atoms with Gasteiger partial charge in [0.2, 0.25) is 0 Å². The Balaban J connectivity index is 2.44. The highest BCUT2D eigenvalue weighted by atomic mass is 79.9. The molecule has 7 nitrogen and oxygen atoms in total. The van der Waals surface area contributed by atoms with Gasteiger partial charge < -0.3 is 24.8 Å². The predicted octanol–water partition coefficient (Wildman–Crippen LogP) is 3.17. The van der Waals surface area contributed by atoms with Crippen LogP contribution >= 0.6 is 28.1 Å². The minimum absolute atomic E-state index is 0.0728. The van der Waals surface area contributed by atoms with Gasteiger partial charge in [0.05, 0.1) is 24.2 Å². The van der Waals surface area contributed by atoms with Gasteiger partial charge in [-0.15, -0.1) is 0 Å². The van der Waals surface area contributed by atoms with E-state index in [0.29, 0.717) is 32.4 Å². The molecule has 0 saturated carbocycles. The lowest BCUT2D eigenvalue weighted by molar-refractivity contribution is -0.150. The summed E-state index contributed by atoms with van der Waals surface area (Å²) in [4.78, 5) is 24.1. The number of ether oxygens (including phenoxy) is 3. The number of hydrogen-bond donors (Lipinski definition) is 2. The molecule has 0 aromatic heterocycles. The number of esters is 1. The van der Waals surface area contributed by atoms with E-state index in [1.165, 1.54) is 14.0 Å². The fourth-order valence-corrected chi connectivity index (χ4v) is 3.74. The van der Waals surface area contributed by atoms with Crippen LogP contribution in [0.2, 0.25) is 0 Å². The summed E-state index contributed by atoms with van der Waals surface area (Å²) in [6, 6.07) is 3.12. The number of carbonyl (C=O) groups excluding carboxylic acids is 2. The van der Waals surface area contributed by atoms with Crippen LogP contribution in [0.3, 0.4) is 0 Å². The third-order valence-electron chi connectivity index (χ3n) is 4.15. The van der Waals surface area contributed by atoms with Crippen molar-refractivity contribution in [2.75, 3.05) is 13.7 Å². The number of hydrogen-bond acceptors (Lipinski definition) is 6. The number of ketones is 1. The summed E-state index contributed by atoms with van der Waals surface area (Å²) in [6.45, 7) is 6.92. The molecule has 0 amide bonds. The standard InChI is InChI=1S/C19H23BrN2O5S/c1-6-26-18(24)11(4)27-17-13(20)7-12(8-14(17)25-5)16-15(10(3)23)9(2)21-19(28)22-16/h7-8,11,16H,6H2,1-5H3,(H2,21,22,28)/t11-,16-/m1/s1. The number of rotatable bonds is 7. The molecule has 2 atom stereocenters. The highest BCUT2D eigenvalue weighted by Crippen LogP contribution is 2.40. The molecule has 1 aliphatic heterocycles. The molecule has 2 N–H and O–H groups in total. The first-order valence-electron chi connectivity index (χ1n) is 8.69.